The van der Waals surface area contributed by atoms with Gasteiger partial charge in [-0.15, -0.1) is 0 Å². The summed E-state index contributed by atoms with van der Waals surface area (Å²) < 4.78 is 1.80. The van der Waals surface area contributed by atoms with Crippen molar-refractivity contribution < 1.29 is 0 Å². The van der Waals surface area contributed by atoms with Gasteiger partial charge < -0.3 is 5.32 Å². The molecular formula is C9H13N5. The second-order valence-corrected chi connectivity index (χ2v) is 3.28. The second kappa shape index (κ2) is 2.94. The van der Waals surface area contributed by atoms with Crippen molar-refractivity contribution in [1.29, 1.82) is 0 Å². The van der Waals surface area contributed by atoms with E-state index in [1.54, 1.807) is 4.68 Å². The minimum Gasteiger partial charge on any atom is -0.371 e. The van der Waals surface area contributed by atoms with Gasteiger partial charge in [-0.25, -0.2) is 9.97 Å². The van der Waals surface area contributed by atoms with Crippen LogP contribution in [0.5, 0.6) is 0 Å². The summed E-state index contributed by atoms with van der Waals surface area (Å²) >= 11 is 0. The molecule has 5 nitrogen and oxygen atoms in total. The van der Waals surface area contributed by atoms with Crippen LogP contribution in [0.4, 0.5) is 5.82 Å². The predicted octanol–water partition coefficient (Wildman–Crippen LogP) is 1.02. The van der Waals surface area contributed by atoms with Crippen molar-refractivity contribution in [3.05, 3.63) is 11.5 Å². The average molecular weight is 191 g/mol. The molecule has 0 bridgehead atoms. The molecule has 0 aliphatic rings. The molecule has 0 aliphatic carbocycles. The Morgan fingerprint density at radius 3 is 2.57 bits per heavy atom. The van der Waals surface area contributed by atoms with Gasteiger partial charge in [-0.1, -0.05) is 0 Å². The fourth-order valence-corrected chi connectivity index (χ4v) is 1.62. The van der Waals surface area contributed by atoms with Gasteiger partial charge in [0, 0.05) is 14.1 Å². The van der Waals surface area contributed by atoms with E-state index in [9.17, 15) is 0 Å². The van der Waals surface area contributed by atoms with Crippen LogP contribution in [0.1, 0.15) is 11.5 Å². The molecule has 0 atom stereocenters. The molecule has 1 N–H and O–H groups in total. The van der Waals surface area contributed by atoms with Gasteiger partial charge in [-0.2, -0.15) is 5.10 Å². The topological polar surface area (TPSA) is 55.6 Å². The summed E-state index contributed by atoms with van der Waals surface area (Å²) in [6, 6.07) is 0. The summed E-state index contributed by atoms with van der Waals surface area (Å²) in [6.07, 6.45) is 0. The molecule has 2 aromatic rings. The van der Waals surface area contributed by atoms with E-state index in [0.29, 0.717) is 0 Å². The van der Waals surface area contributed by atoms with Crippen LogP contribution in [0.3, 0.4) is 0 Å². The Bertz CT molecular complexity index is 485. The highest BCUT2D eigenvalue weighted by Gasteiger charge is 2.11. The highest BCUT2D eigenvalue weighted by Crippen LogP contribution is 2.21. The van der Waals surface area contributed by atoms with Gasteiger partial charge in [0.25, 0.3) is 0 Å². The maximum absolute atomic E-state index is 4.37. The number of nitrogens with zero attached hydrogens (tertiary/aromatic N) is 4. The van der Waals surface area contributed by atoms with Crippen molar-refractivity contribution in [3.8, 4) is 0 Å². The van der Waals surface area contributed by atoms with Crippen molar-refractivity contribution in [1.82, 2.24) is 19.7 Å². The fraction of sp³-hybridized carbons (Fsp3) is 0.444. The summed E-state index contributed by atoms with van der Waals surface area (Å²) in [4.78, 5) is 8.68. The molecule has 0 saturated heterocycles. The molecule has 2 rings (SSSR count). The van der Waals surface area contributed by atoms with Gasteiger partial charge in [-0.3, -0.25) is 4.68 Å². The molecule has 0 aliphatic heterocycles. The number of aryl methyl sites for hydroxylation is 3. The molecule has 14 heavy (non-hydrogen) atoms. The van der Waals surface area contributed by atoms with Crippen LogP contribution >= 0.6 is 0 Å². The average Bonchev–Trinajstić information content (AvgIpc) is 2.41. The number of nitrogens with one attached hydrogen (secondary N) is 1. The SMILES string of the molecule is CNc1nc(C)nc2c(C)nn(C)c12. The van der Waals surface area contributed by atoms with Crippen LogP contribution in [0.25, 0.3) is 11.0 Å². The minimum absolute atomic E-state index is 0.762. The zero-order valence-electron chi connectivity index (χ0n) is 8.79. The number of rotatable bonds is 1. The lowest BCUT2D eigenvalue weighted by Gasteiger charge is -2.03. The number of hydrogen-bond donors (Lipinski definition) is 1. The Morgan fingerprint density at radius 1 is 1.21 bits per heavy atom. The Balaban J connectivity index is 2.90. The summed E-state index contributed by atoms with van der Waals surface area (Å²) in [5.74, 6) is 1.59. The summed E-state index contributed by atoms with van der Waals surface area (Å²) in [5, 5.41) is 7.37. The lowest BCUT2D eigenvalue weighted by Crippen LogP contribution is -2.00. The summed E-state index contributed by atoms with van der Waals surface area (Å²) in [5.41, 5.74) is 2.81. The maximum Gasteiger partial charge on any atom is 0.155 e. The molecular weight excluding hydrogens is 178 g/mol. The van der Waals surface area contributed by atoms with Gasteiger partial charge in [0.2, 0.25) is 0 Å². The number of fused-ring (bicyclic) bond motifs is 1. The Hall–Kier alpha value is -1.65. The van der Waals surface area contributed by atoms with Gasteiger partial charge >= 0.3 is 0 Å². The molecule has 5 heteroatoms. The normalized spacial score (nSPS) is 10.9. The smallest absolute Gasteiger partial charge is 0.155 e. The van der Waals surface area contributed by atoms with E-state index in [2.05, 4.69) is 20.4 Å². The zero-order valence-corrected chi connectivity index (χ0v) is 8.79. The first-order valence-electron chi connectivity index (χ1n) is 4.49. The van der Waals surface area contributed by atoms with Crippen molar-refractivity contribution >= 4 is 16.9 Å². The largest absolute Gasteiger partial charge is 0.371 e. The van der Waals surface area contributed by atoms with Crippen LogP contribution in [0, 0.1) is 13.8 Å². The van der Waals surface area contributed by atoms with Gasteiger partial charge in [0.05, 0.1) is 5.69 Å². The minimum atomic E-state index is 0.762. The Labute approximate surface area is 82.2 Å². The van der Waals surface area contributed by atoms with E-state index >= 15 is 0 Å². The molecule has 0 saturated carbocycles. The van der Waals surface area contributed by atoms with Crippen LogP contribution < -0.4 is 5.32 Å². The molecule has 0 aromatic carbocycles. The number of hydrogen-bond acceptors (Lipinski definition) is 4. The predicted molar refractivity (Wildman–Crippen MR) is 55.3 cm³/mol. The van der Waals surface area contributed by atoms with Crippen molar-refractivity contribution in [2.24, 2.45) is 7.05 Å². The highest BCUT2D eigenvalue weighted by molar-refractivity contribution is 5.87. The van der Waals surface area contributed by atoms with Crippen LogP contribution in [-0.4, -0.2) is 26.8 Å². The second-order valence-electron chi connectivity index (χ2n) is 3.28. The first kappa shape index (κ1) is 8.93. The fourth-order valence-electron chi connectivity index (χ4n) is 1.62. The third kappa shape index (κ3) is 1.13. The van der Waals surface area contributed by atoms with Gasteiger partial charge in [0.1, 0.15) is 16.9 Å². The van der Waals surface area contributed by atoms with E-state index in [0.717, 1.165) is 28.4 Å². The maximum atomic E-state index is 4.37. The van der Waals surface area contributed by atoms with Crippen LogP contribution in [0.15, 0.2) is 0 Å². The summed E-state index contributed by atoms with van der Waals surface area (Å²) in [6.45, 7) is 3.83. The molecule has 0 spiro atoms. The van der Waals surface area contributed by atoms with E-state index in [1.165, 1.54) is 0 Å². The molecule has 0 radical (unpaired) electrons. The van der Waals surface area contributed by atoms with Crippen LogP contribution in [-0.2, 0) is 7.05 Å². The molecule has 0 amide bonds. The molecule has 0 unspecified atom stereocenters. The third-order valence-electron chi connectivity index (χ3n) is 2.20. The number of anilines is 1. The highest BCUT2D eigenvalue weighted by atomic mass is 15.3. The van der Waals surface area contributed by atoms with Crippen molar-refractivity contribution in [3.63, 3.8) is 0 Å². The van der Waals surface area contributed by atoms with Gasteiger partial charge in [-0.05, 0) is 13.8 Å². The lowest BCUT2D eigenvalue weighted by atomic mass is 10.3. The Morgan fingerprint density at radius 2 is 1.93 bits per heavy atom. The molecule has 2 aromatic heterocycles. The standard InChI is InChI=1S/C9H13N5/c1-5-7-8(14(4)13-5)9(10-3)12-6(2)11-7/h1-4H3,(H,10,11,12). The first-order chi connectivity index (χ1) is 6.63. The first-order valence-corrected chi connectivity index (χ1v) is 4.49. The summed E-state index contributed by atoms with van der Waals surface area (Å²) in [7, 11) is 3.75. The third-order valence-corrected chi connectivity index (χ3v) is 2.20. The van der Waals surface area contributed by atoms with Crippen molar-refractivity contribution in [2.45, 2.75) is 13.8 Å². The van der Waals surface area contributed by atoms with E-state index in [-0.39, 0.29) is 0 Å². The van der Waals surface area contributed by atoms with Gasteiger partial charge in [0.15, 0.2) is 5.82 Å². The van der Waals surface area contributed by atoms with E-state index in [1.807, 2.05) is 27.9 Å². The van der Waals surface area contributed by atoms with E-state index < -0.39 is 0 Å². The quantitative estimate of drug-likeness (QED) is 0.731. The monoisotopic (exact) mass is 191 g/mol. The van der Waals surface area contributed by atoms with Crippen molar-refractivity contribution in [2.75, 3.05) is 12.4 Å². The molecule has 74 valence electrons. The number of aromatic nitrogens is 4. The zero-order chi connectivity index (χ0) is 10.3. The Kier molecular flexibility index (Phi) is 1.87. The lowest BCUT2D eigenvalue weighted by molar-refractivity contribution is 0.782. The van der Waals surface area contributed by atoms with E-state index in [4.69, 9.17) is 0 Å². The van der Waals surface area contributed by atoms with Crippen LogP contribution in [0.2, 0.25) is 0 Å². The molecule has 2 heterocycles. The molecule has 0 fully saturated rings.